The van der Waals surface area contributed by atoms with E-state index in [0.29, 0.717) is 0 Å². The van der Waals surface area contributed by atoms with Gasteiger partial charge in [0.1, 0.15) is 6.10 Å². The molecule has 3 heterocycles. The Labute approximate surface area is 159 Å². The summed E-state index contributed by atoms with van der Waals surface area (Å²) in [6.45, 7) is 3.46. The lowest BCUT2D eigenvalue weighted by atomic mass is 10.1. The van der Waals surface area contributed by atoms with E-state index in [1.807, 2.05) is 0 Å². The number of alkyl halides is 2. The molecule has 6 unspecified atom stereocenters. The van der Waals surface area contributed by atoms with Crippen LogP contribution in [-0.4, -0.2) is 57.0 Å². The minimum absolute atomic E-state index is 0.385. The third-order valence-electron chi connectivity index (χ3n) is 3.74. The van der Waals surface area contributed by atoms with Crippen LogP contribution in [0.1, 0.15) is 13.8 Å². The van der Waals surface area contributed by atoms with Crippen LogP contribution in [0.5, 0.6) is 0 Å². The van der Waals surface area contributed by atoms with Crippen LogP contribution in [-0.2, 0) is 33.3 Å². The molecule has 3 fully saturated rings. The van der Waals surface area contributed by atoms with Gasteiger partial charge in [0, 0.05) is 45.2 Å². The van der Waals surface area contributed by atoms with Gasteiger partial charge in [-0.15, -0.1) is 0 Å². The molecule has 0 spiro atoms. The Morgan fingerprint density at radius 2 is 1.96 bits per heavy atom. The number of hydroxylamine groups is 2. The molecule has 23 heavy (non-hydrogen) atoms. The molecule has 3 rings (SSSR count). The smallest absolute Gasteiger partial charge is 0.390 e. The molecular weight excluding hydrogens is 540 g/mol. The van der Waals surface area contributed by atoms with Gasteiger partial charge >= 0.3 is 11.9 Å². The summed E-state index contributed by atoms with van der Waals surface area (Å²) < 4.78 is 25.9. The molecule has 0 aliphatic carbocycles. The van der Waals surface area contributed by atoms with Crippen LogP contribution in [0.2, 0.25) is 0 Å². The van der Waals surface area contributed by atoms with Crippen LogP contribution < -0.4 is 5.06 Å². The molecule has 0 aromatic heterocycles. The maximum absolute atomic E-state index is 12.2. The number of fused-ring (bicyclic) bond motifs is 3. The summed E-state index contributed by atoms with van der Waals surface area (Å²) >= 11 is 3.35. The summed E-state index contributed by atoms with van der Waals surface area (Å²) in [7, 11) is 1.27. The highest BCUT2D eigenvalue weighted by Gasteiger charge is 2.64. The van der Waals surface area contributed by atoms with Gasteiger partial charge in [0.25, 0.3) is 1.55 Å². The standard InChI is InChI=1S/C12H15I2NO8/c1-11(2)22-7-5-4(20-9(7)23-11)6(8(16)19-5)21-10(17)12(13,14)15(3)18/h4-7,9,15H,1-3H3. The van der Waals surface area contributed by atoms with Crippen molar-refractivity contribution in [3.05, 3.63) is 5.21 Å². The molecule has 0 aromatic rings. The summed E-state index contributed by atoms with van der Waals surface area (Å²) in [5, 5.41) is 11.1. The quantitative estimate of drug-likeness (QED) is 0.159. The zero-order valence-electron chi connectivity index (χ0n) is 12.4. The molecule has 9 nitrogen and oxygen atoms in total. The molecule has 3 aliphatic rings. The van der Waals surface area contributed by atoms with E-state index in [-0.39, 0.29) is 5.06 Å². The fraction of sp³-hybridized carbons (Fsp3) is 0.833. The number of carbonyl (C=O) groups is 2. The fourth-order valence-corrected chi connectivity index (χ4v) is 2.92. The first-order valence-corrected chi connectivity index (χ1v) is 9.00. The zero-order chi connectivity index (χ0) is 17.2. The van der Waals surface area contributed by atoms with Crippen molar-refractivity contribution in [1.82, 2.24) is 0 Å². The lowest BCUT2D eigenvalue weighted by molar-refractivity contribution is -0.829. The van der Waals surface area contributed by atoms with Crippen molar-refractivity contribution in [2.45, 2.75) is 51.9 Å². The van der Waals surface area contributed by atoms with Crippen molar-refractivity contribution in [1.29, 1.82) is 0 Å². The van der Waals surface area contributed by atoms with E-state index in [4.69, 9.17) is 23.7 Å². The maximum Gasteiger partial charge on any atom is 0.390 e. The number of carbonyl (C=O) groups excluding carboxylic acids is 2. The van der Waals surface area contributed by atoms with Crippen LogP contribution in [0.3, 0.4) is 0 Å². The fourth-order valence-electron chi connectivity index (χ4n) is 2.67. The Balaban J connectivity index is 1.72. The average Bonchev–Trinajstić information content (AvgIpc) is 2.98. The molecule has 11 heteroatoms. The Bertz CT molecular complexity index is 539. The Morgan fingerprint density at radius 1 is 1.30 bits per heavy atom. The first-order valence-electron chi connectivity index (χ1n) is 6.84. The number of hydrogen-bond acceptors (Lipinski definition) is 8. The van der Waals surface area contributed by atoms with E-state index in [9.17, 15) is 14.8 Å². The van der Waals surface area contributed by atoms with E-state index in [1.54, 1.807) is 59.0 Å². The normalized spacial score (nSPS) is 39.6. The van der Waals surface area contributed by atoms with Crippen molar-refractivity contribution in [3.63, 3.8) is 0 Å². The number of nitrogens with one attached hydrogen (secondary N) is 1. The second-order valence-corrected chi connectivity index (χ2v) is 11.2. The number of hydrogen-bond donors (Lipinski definition) is 1. The van der Waals surface area contributed by atoms with Crippen molar-refractivity contribution < 1.29 is 38.3 Å². The van der Waals surface area contributed by atoms with Gasteiger partial charge in [-0.2, -0.15) is 0 Å². The monoisotopic (exact) mass is 555 g/mol. The third kappa shape index (κ3) is 3.08. The minimum atomic E-state index is -1.41. The highest BCUT2D eigenvalue weighted by molar-refractivity contribution is 14.2. The highest BCUT2D eigenvalue weighted by atomic mass is 127. The second-order valence-electron chi connectivity index (χ2n) is 5.93. The van der Waals surface area contributed by atoms with Crippen molar-refractivity contribution in [2.24, 2.45) is 0 Å². The van der Waals surface area contributed by atoms with E-state index in [2.05, 4.69) is 0 Å². The molecule has 6 atom stereocenters. The first kappa shape index (κ1) is 18.0. The van der Waals surface area contributed by atoms with E-state index in [0.717, 1.165) is 0 Å². The Hall–Kier alpha value is 0.200. The molecule has 1 N–H and O–H groups in total. The Morgan fingerprint density at radius 3 is 2.57 bits per heavy atom. The van der Waals surface area contributed by atoms with E-state index >= 15 is 0 Å². The summed E-state index contributed by atoms with van der Waals surface area (Å²) in [6.07, 6.45) is -4.02. The number of quaternary nitrogens is 1. The van der Waals surface area contributed by atoms with Gasteiger partial charge in [0.2, 0.25) is 6.10 Å². The predicted octanol–water partition coefficient (Wildman–Crippen LogP) is -0.764. The van der Waals surface area contributed by atoms with Crippen LogP contribution in [0, 0.1) is 5.21 Å². The van der Waals surface area contributed by atoms with Crippen LogP contribution in [0.25, 0.3) is 0 Å². The number of esters is 2. The number of rotatable bonds is 3. The van der Waals surface area contributed by atoms with Crippen molar-refractivity contribution >= 4 is 57.1 Å². The largest absolute Gasteiger partial charge is 0.633 e. The number of halogens is 2. The molecule has 3 aliphatic heterocycles. The minimum Gasteiger partial charge on any atom is -0.633 e. The summed E-state index contributed by atoms with van der Waals surface area (Å²) in [4.78, 5) is 24.2. The lowest BCUT2D eigenvalue weighted by Gasteiger charge is -2.30. The molecular formula is C12H15I2NO8. The highest BCUT2D eigenvalue weighted by Crippen LogP contribution is 2.43. The summed E-state index contributed by atoms with van der Waals surface area (Å²) in [5.41, 5.74) is 0. The van der Waals surface area contributed by atoms with Crippen molar-refractivity contribution in [3.8, 4) is 0 Å². The number of ether oxygens (including phenoxy) is 5. The van der Waals surface area contributed by atoms with Gasteiger partial charge in [0.05, 0.1) is 7.05 Å². The second kappa shape index (κ2) is 5.88. The van der Waals surface area contributed by atoms with Gasteiger partial charge in [-0.25, -0.2) is 9.59 Å². The first-order chi connectivity index (χ1) is 10.5. The molecule has 0 radical (unpaired) electrons. The SMILES string of the molecule is C[NH+]([O-])C(I)(I)C(=O)OC1C(=O)OC2C3OC(C)(C)OC3OC12. The Kier molecular flexibility index (Phi) is 4.60. The van der Waals surface area contributed by atoms with Crippen LogP contribution in [0.4, 0.5) is 0 Å². The predicted molar refractivity (Wildman–Crippen MR) is 89.5 cm³/mol. The number of likely N-dealkylation sites (N-methyl/N-ethyl adjacent to an activating group) is 1. The summed E-state index contributed by atoms with van der Waals surface area (Å²) in [6, 6.07) is 0. The molecule has 0 aromatic carbocycles. The molecule has 0 saturated carbocycles. The van der Waals surface area contributed by atoms with E-state index in [1.165, 1.54) is 7.05 Å². The van der Waals surface area contributed by atoms with Crippen LogP contribution >= 0.6 is 45.2 Å². The lowest BCUT2D eigenvalue weighted by Crippen LogP contribution is -3.12. The maximum atomic E-state index is 12.2. The molecule has 130 valence electrons. The van der Waals surface area contributed by atoms with Crippen LogP contribution in [0.15, 0.2) is 0 Å². The molecule has 3 saturated heterocycles. The van der Waals surface area contributed by atoms with Gasteiger partial charge in [0.15, 0.2) is 24.3 Å². The van der Waals surface area contributed by atoms with Gasteiger partial charge in [-0.05, 0) is 13.8 Å². The van der Waals surface area contributed by atoms with E-state index < -0.39 is 50.0 Å². The van der Waals surface area contributed by atoms with Crippen molar-refractivity contribution in [2.75, 3.05) is 7.05 Å². The average molecular weight is 555 g/mol. The summed E-state index contributed by atoms with van der Waals surface area (Å²) in [5.74, 6) is -2.38. The topological polar surface area (TPSA) is 108 Å². The molecule has 0 bridgehead atoms. The van der Waals surface area contributed by atoms with Gasteiger partial charge in [-0.1, -0.05) is 0 Å². The van der Waals surface area contributed by atoms with Gasteiger partial charge in [-0.3, -0.25) is 0 Å². The van der Waals surface area contributed by atoms with Gasteiger partial charge < -0.3 is 34.0 Å². The third-order valence-corrected chi connectivity index (χ3v) is 6.14. The zero-order valence-corrected chi connectivity index (χ0v) is 16.7. The molecule has 0 amide bonds.